The maximum atomic E-state index is 13.3. The van der Waals surface area contributed by atoms with E-state index in [2.05, 4.69) is 5.32 Å². The standard InChI is InChI=1S/C26H32N4O6/c1-3-7-28(2)25(34)20-12-21(23(32)13-22(20)31)26(35)30-14-17-4-5-19(11-18(17)15-30)36-10-9-29-8-6-27-24(33)16-29/h4-5,11-13,31-32H,3,6-10,14-16H2,1-2H3,(H,27,33). The van der Waals surface area contributed by atoms with Crippen molar-refractivity contribution in [2.45, 2.75) is 26.4 Å². The number of carbonyl (C=O) groups is 3. The van der Waals surface area contributed by atoms with Crippen molar-refractivity contribution >= 4 is 17.7 Å². The number of amides is 3. The molecule has 0 spiro atoms. The van der Waals surface area contributed by atoms with E-state index < -0.39 is 11.8 Å². The summed E-state index contributed by atoms with van der Waals surface area (Å²) in [6.45, 7) is 6.02. The SMILES string of the molecule is CCCN(C)C(=O)c1cc(C(=O)N2Cc3ccc(OCCN4CCNC(=O)C4)cc3C2)c(O)cc1O. The van der Waals surface area contributed by atoms with E-state index in [1.54, 1.807) is 11.9 Å². The van der Waals surface area contributed by atoms with E-state index in [1.165, 1.54) is 11.0 Å². The van der Waals surface area contributed by atoms with E-state index in [1.807, 2.05) is 30.0 Å². The fourth-order valence-electron chi connectivity index (χ4n) is 4.51. The van der Waals surface area contributed by atoms with Crippen molar-refractivity contribution in [3.05, 3.63) is 52.6 Å². The summed E-state index contributed by atoms with van der Waals surface area (Å²) in [7, 11) is 1.62. The zero-order valence-electron chi connectivity index (χ0n) is 20.6. The van der Waals surface area contributed by atoms with Gasteiger partial charge in [-0.05, 0) is 35.7 Å². The van der Waals surface area contributed by atoms with E-state index in [9.17, 15) is 24.6 Å². The predicted octanol–water partition coefficient (Wildman–Crippen LogP) is 1.55. The minimum atomic E-state index is -0.429. The Bertz CT molecular complexity index is 1170. The fourth-order valence-corrected chi connectivity index (χ4v) is 4.51. The number of ether oxygens (including phenoxy) is 1. The molecule has 2 aliphatic rings. The molecule has 2 heterocycles. The van der Waals surface area contributed by atoms with Gasteiger partial charge in [-0.25, -0.2) is 0 Å². The van der Waals surface area contributed by atoms with Gasteiger partial charge in [-0.3, -0.25) is 19.3 Å². The molecule has 0 bridgehead atoms. The molecule has 2 aliphatic heterocycles. The monoisotopic (exact) mass is 496 g/mol. The lowest BCUT2D eigenvalue weighted by Gasteiger charge is -2.26. The quantitative estimate of drug-likeness (QED) is 0.507. The Morgan fingerprint density at radius 1 is 1.06 bits per heavy atom. The number of piperazine rings is 1. The molecule has 10 heteroatoms. The molecule has 36 heavy (non-hydrogen) atoms. The largest absolute Gasteiger partial charge is 0.507 e. The summed E-state index contributed by atoms with van der Waals surface area (Å²) in [5.74, 6) is -0.884. The fraction of sp³-hybridized carbons (Fsp3) is 0.423. The first-order valence-corrected chi connectivity index (χ1v) is 12.1. The molecule has 1 saturated heterocycles. The summed E-state index contributed by atoms with van der Waals surface area (Å²) < 4.78 is 5.88. The van der Waals surface area contributed by atoms with Crippen molar-refractivity contribution in [2.24, 2.45) is 0 Å². The molecule has 0 radical (unpaired) electrons. The average molecular weight is 497 g/mol. The number of hydrogen-bond donors (Lipinski definition) is 3. The van der Waals surface area contributed by atoms with Crippen LogP contribution < -0.4 is 10.1 Å². The van der Waals surface area contributed by atoms with Crippen LogP contribution in [-0.2, 0) is 17.9 Å². The summed E-state index contributed by atoms with van der Waals surface area (Å²) >= 11 is 0. The number of fused-ring (bicyclic) bond motifs is 1. The molecule has 10 nitrogen and oxygen atoms in total. The highest BCUT2D eigenvalue weighted by atomic mass is 16.5. The number of rotatable bonds is 8. The molecule has 0 aliphatic carbocycles. The molecular formula is C26H32N4O6. The first-order chi connectivity index (χ1) is 17.3. The Labute approximate surface area is 210 Å². The maximum Gasteiger partial charge on any atom is 0.258 e. The molecule has 3 amide bonds. The van der Waals surface area contributed by atoms with Gasteiger partial charge in [-0.1, -0.05) is 13.0 Å². The molecule has 2 aromatic carbocycles. The van der Waals surface area contributed by atoms with Crippen LogP contribution in [0.15, 0.2) is 30.3 Å². The van der Waals surface area contributed by atoms with Crippen LogP contribution in [0.1, 0.15) is 45.2 Å². The Balaban J connectivity index is 1.41. The van der Waals surface area contributed by atoms with Crippen LogP contribution in [0.2, 0.25) is 0 Å². The van der Waals surface area contributed by atoms with E-state index in [4.69, 9.17) is 4.74 Å². The predicted molar refractivity (Wildman–Crippen MR) is 132 cm³/mol. The topological polar surface area (TPSA) is 123 Å². The molecule has 192 valence electrons. The van der Waals surface area contributed by atoms with Crippen LogP contribution in [0, 0.1) is 0 Å². The summed E-state index contributed by atoms with van der Waals surface area (Å²) in [6.07, 6.45) is 0.750. The third-order valence-corrected chi connectivity index (χ3v) is 6.46. The second-order valence-corrected chi connectivity index (χ2v) is 9.18. The number of aromatic hydroxyl groups is 2. The smallest absolute Gasteiger partial charge is 0.258 e. The molecule has 2 aromatic rings. The number of phenols is 2. The van der Waals surface area contributed by atoms with Crippen LogP contribution in [0.3, 0.4) is 0 Å². The zero-order valence-corrected chi connectivity index (χ0v) is 20.6. The number of carbonyl (C=O) groups excluding carboxylic acids is 3. The van der Waals surface area contributed by atoms with Crippen LogP contribution in [0.4, 0.5) is 0 Å². The first-order valence-electron chi connectivity index (χ1n) is 12.1. The Kier molecular flexibility index (Phi) is 7.64. The average Bonchev–Trinajstić information content (AvgIpc) is 3.27. The van der Waals surface area contributed by atoms with E-state index in [-0.39, 0.29) is 28.5 Å². The molecule has 1 fully saturated rings. The highest BCUT2D eigenvalue weighted by Gasteiger charge is 2.28. The van der Waals surface area contributed by atoms with Gasteiger partial charge < -0.3 is 30.1 Å². The van der Waals surface area contributed by atoms with Crippen molar-refractivity contribution in [1.82, 2.24) is 20.0 Å². The highest BCUT2D eigenvalue weighted by Crippen LogP contribution is 2.33. The number of hydrogen-bond acceptors (Lipinski definition) is 7. The third kappa shape index (κ3) is 5.54. The molecule has 3 N–H and O–H groups in total. The van der Waals surface area contributed by atoms with Crippen LogP contribution in [0.5, 0.6) is 17.2 Å². The molecule has 0 unspecified atom stereocenters. The lowest BCUT2D eigenvalue weighted by Crippen LogP contribution is -2.48. The summed E-state index contributed by atoms with van der Waals surface area (Å²) in [5.41, 5.74) is 1.86. The number of benzene rings is 2. The van der Waals surface area contributed by atoms with Crippen molar-refractivity contribution in [3.8, 4) is 17.2 Å². The van der Waals surface area contributed by atoms with E-state index in [0.29, 0.717) is 51.6 Å². The Hall–Kier alpha value is -3.79. The number of nitrogens with zero attached hydrogens (tertiary/aromatic N) is 3. The normalized spacial score (nSPS) is 15.4. The molecule has 4 rings (SSSR count). The van der Waals surface area contributed by atoms with Crippen LogP contribution in [0.25, 0.3) is 0 Å². The second-order valence-electron chi connectivity index (χ2n) is 9.18. The van der Waals surface area contributed by atoms with E-state index in [0.717, 1.165) is 30.2 Å². The molecule has 0 atom stereocenters. The van der Waals surface area contributed by atoms with Gasteiger partial charge in [-0.2, -0.15) is 0 Å². The number of nitrogens with one attached hydrogen (secondary N) is 1. The van der Waals surface area contributed by atoms with Gasteiger partial charge in [0.25, 0.3) is 11.8 Å². The van der Waals surface area contributed by atoms with Crippen molar-refractivity contribution in [1.29, 1.82) is 0 Å². The number of phenolic OH excluding ortho intramolecular Hbond substituents is 2. The summed E-state index contributed by atoms with van der Waals surface area (Å²) in [5, 5.41) is 23.4. The Morgan fingerprint density at radius 2 is 1.81 bits per heavy atom. The lowest BCUT2D eigenvalue weighted by atomic mass is 10.1. The van der Waals surface area contributed by atoms with Gasteiger partial charge in [0.15, 0.2) is 0 Å². The van der Waals surface area contributed by atoms with Gasteiger partial charge in [0, 0.05) is 52.4 Å². The first kappa shape index (κ1) is 25.3. The lowest BCUT2D eigenvalue weighted by molar-refractivity contribution is -0.124. The second kappa shape index (κ2) is 10.9. The summed E-state index contributed by atoms with van der Waals surface area (Å²) in [6, 6.07) is 7.98. The molecule has 0 saturated carbocycles. The van der Waals surface area contributed by atoms with Gasteiger partial charge >= 0.3 is 0 Å². The van der Waals surface area contributed by atoms with Gasteiger partial charge in [0.2, 0.25) is 5.91 Å². The highest BCUT2D eigenvalue weighted by molar-refractivity contribution is 6.03. The minimum Gasteiger partial charge on any atom is -0.507 e. The van der Waals surface area contributed by atoms with Gasteiger partial charge in [0.1, 0.15) is 23.9 Å². The Morgan fingerprint density at radius 3 is 2.56 bits per heavy atom. The third-order valence-electron chi connectivity index (χ3n) is 6.46. The van der Waals surface area contributed by atoms with Crippen molar-refractivity contribution in [2.75, 3.05) is 46.4 Å². The minimum absolute atomic E-state index is 0.0210. The van der Waals surface area contributed by atoms with Crippen LogP contribution in [-0.4, -0.2) is 89.0 Å². The van der Waals surface area contributed by atoms with Crippen LogP contribution >= 0.6 is 0 Å². The zero-order chi connectivity index (χ0) is 25.8. The van der Waals surface area contributed by atoms with E-state index >= 15 is 0 Å². The van der Waals surface area contributed by atoms with Crippen molar-refractivity contribution < 1.29 is 29.3 Å². The van der Waals surface area contributed by atoms with Gasteiger partial charge in [-0.15, -0.1) is 0 Å². The molecule has 0 aromatic heterocycles. The van der Waals surface area contributed by atoms with Gasteiger partial charge in [0.05, 0.1) is 17.7 Å². The van der Waals surface area contributed by atoms with Crippen molar-refractivity contribution in [3.63, 3.8) is 0 Å². The maximum absolute atomic E-state index is 13.3. The summed E-state index contributed by atoms with van der Waals surface area (Å²) in [4.78, 5) is 42.6. The molecular weight excluding hydrogens is 464 g/mol.